The van der Waals surface area contributed by atoms with Crippen LogP contribution in [0.25, 0.3) is 0 Å². The highest BCUT2D eigenvalue weighted by Gasteiger charge is 1.98. The van der Waals surface area contributed by atoms with Crippen LogP contribution in [0.1, 0.15) is 26.7 Å². The van der Waals surface area contributed by atoms with E-state index >= 15 is 0 Å². The lowest BCUT2D eigenvalue weighted by Gasteiger charge is -2.04. The first-order valence-electron chi connectivity index (χ1n) is 2.99. The molecule has 2 N–H and O–H groups in total. The van der Waals surface area contributed by atoms with E-state index in [2.05, 4.69) is 13.8 Å². The summed E-state index contributed by atoms with van der Waals surface area (Å²) >= 11 is 0. The summed E-state index contributed by atoms with van der Waals surface area (Å²) in [5, 5.41) is 16.7. The third-order valence-electron chi connectivity index (χ3n) is 1.00. The molecule has 0 amide bonds. The fraction of sp³-hybridized carbons (Fsp3) is 1.00. The molecule has 0 radical (unpaired) electrons. The molecule has 0 aliphatic carbocycles. The van der Waals surface area contributed by atoms with Crippen LogP contribution in [0, 0.1) is 5.92 Å². The van der Waals surface area contributed by atoms with Crippen molar-refractivity contribution in [1.82, 2.24) is 0 Å². The van der Waals surface area contributed by atoms with Gasteiger partial charge in [0.25, 0.3) is 0 Å². The van der Waals surface area contributed by atoms with Gasteiger partial charge in [-0.05, 0) is 18.8 Å². The van der Waals surface area contributed by atoms with Gasteiger partial charge < -0.3 is 10.2 Å². The summed E-state index contributed by atoms with van der Waals surface area (Å²) in [5.41, 5.74) is 0. The van der Waals surface area contributed by atoms with Crippen molar-refractivity contribution in [2.75, 3.05) is 0 Å². The summed E-state index contributed by atoms with van der Waals surface area (Å²) in [4.78, 5) is 0. The van der Waals surface area contributed by atoms with E-state index < -0.39 is 6.29 Å². The van der Waals surface area contributed by atoms with Gasteiger partial charge in [-0.25, -0.2) is 0 Å². The van der Waals surface area contributed by atoms with Gasteiger partial charge in [0.15, 0.2) is 6.29 Å². The summed E-state index contributed by atoms with van der Waals surface area (Å²) in [6.07, 6.45) is 0.271. The number of aliphatic hydroxyl groups excluding tert-OH is 1. The Morgan fingerprint density at radius 1 is 1.12 bits per heavy atom. The lowest BCUT2D eigenvalue weighted by atomic mass is 10.1. The topological polar surface area (TPSA) is 40.5 Å². The summed E-state index contributed by atoms with van der Waals surface area (Å²) in [5.74, 6) is 0.566. The molecular weight excluding hydrogens is 104 g/mol. The Hall–Kier alpha value is -0.0800. The van der Waals surface area contributed by atoms with Gasteiger partial charge >= 0.3 is 0 Å². The van der Waals surface area contributed by atoms with Crippen LogP contribution in [0.4, 0.5) is 0 Å². The largest absolute Gasteiger partial charge is 0.368 e. The Morgan fingerprint density at radius 2 is 1.62 bits per heavy atom. The minimum atomic E-state index is -1.11. The minimum absolute atomic E-state index is 0.498. The zero-order valence-corrected chi connectivity index (χ0v) is 5.46. The number of aliphatic hydroxyl groups is 2. The summed E-state index contributed by atoms with van der Waals surface area (Å²) < 4.78 is 0. The van der Waals surface area contributed by atoms with Crippen molar-refractivity contribution in [3.8, 4) is 0 Å². The highest BCUT2D eigenvalue weighted by molar-refractivity contribution is 4.45. The number of hydrogen-bond acceptors (Lipinski definition) is 2. The van der Waals surface area contributed by atoms with Crippen molar-refractivity contribution in [3.63, 3.8) is 0 Å². The minimum Gasteiger partial charge on any atom is -0.368 e. The second-order valence-electron chi connectivity index (χ2n) is 2.45. The zero-order valence-electron chi connectivity index (χ0n) is 5.46. The Labute approximate surface area is 50.2 Å². The molecule has 0 rings (SSSR count). The Balaban J connectivity index is 2.93. The maximum atomic E-state index is 8.36. The second kappa shape index (κ2) is 3.87. The van der Waals surface area contributed by atoms with Gasteiger partial charge in [-0.15, -0.1) is 0 Å². The van der Waals surface area contributed by atoms with Crippen molar-refractivity contribution < 1.29 is 10.2 Å². The molecule has 0 aromatic rings. The molecule has 0 heterocycles. The lowest BCUT2D eigenvalue weighted by Crippen LogP contribution is -2.04. The van der Waals surface area contributed by atoms with E-state index in [0.29, 0.717) is 12.3 Å². The highest BCUT2D eigenvalue weighted by Crippen LogP contribution is 2.04. The van der Waals surface area contributed by atoms with Crippen LogP contribution in [0.3, 0.4) is 0 Å². The van der Waals surface area contributed by atoms with Crippen LogP contribution in [0.15, 0.2) is 0 Å². The molecule has 0 fully saturated rings. The van der Waals surface area contributed by atoms with E-state index in [1.165, 1.54) is 0 Å². The first-order chi connectivity index (χ1) is 3.63. The van der Waals surface area contributed by atoms with E-state index in [1.54, 1.807) is 0 Å². The first kappa shape index (κ1) is 7.92. The van der Waals surface area contributed by atoms with Crippen LogP contribution in [0.2, 0.25) is 0 Å². The maximum Gasteiger partial charge on any atom is 0.151 e. The van der Waals surface area contributed by atoms with Gasteiger partial charge in [0.2, 0.25) is 0 Å². The lowest BCUT2D eigenvalue weighted by molar-refractivity contribution is -0.0482. The van der Waals surface area contributed by atoms with Gasteiger partial charge in [0.05, 0.1) is 0 Å². The predicted octanol–water partition coefficient (Wildman–Crippen LogP) is 0.733. The van der Waals surface area contributed by atoms with Crippen molar-refractivity contribution >= 4 is 0 Å². The molecule has 2 nitrogen and oxygen atoms in total. The molecule has 50 valence electrons. The van der Waals surface area contributed by atoms with Gasteiger partial charge in [-0.1, -0.05) is 13.8 Å². The predicted molar refractivity (Wildman–Crippen MR) is 32.3 cm³/mol. The van der Waals surface area contributed by atoms with Crippen LogP contribution in [-0.2, 0) is 0 Å². The molecule has 0 saturated carbocycles. The van der Waals surface area contributed by atoms with E-state index in [1.807, 2.05) is 0 Å². The van der Waals surface area contributed by atoms with Crippen molar-refractivity contribution in [2.45, 2.75) is 33.0 Å². The zero-order chi connectivity index (χ0) is 6.57. The third kappa shape index (κ3) is 5.92. The summed E-state index contributed by atoms with van der Waals surface area (Å²) in [7, 11) is 0. The van der Waals surface area contributed by atoms with Crippen LogP contribution in [-0.4, -0.2) is 16.5 Å². The second-order valence-corrected chi connectivity index (χ2v) is 2.45. The van der Waals surface area contributed by atoms with Crippen molar-refractivity contribution in [2.24, 2.45) is 5.92 Å². The Morgan fingerprint density at radius 3 is 1.75 bits per heavy atom. The fourth-order valence-electron chi connectivity index (χ4n) is 0.482. The fourth-order valence-corrected chi connectivity index (χ4v) is 0.482. The van der Waals surface area contributed by atoms with Crippen molar-refractivity contribution in [1.29, 1.82) is 0 Å². The Kier molecular flexibility index (Phi) is 3.83. The molecule has 0 unspecified atom stereocenters. The molecule has 0 saturated heterocycles. The van der Waals surface area contributed by atoms with E-state index in [9.17, 15) is 0 Å². The molecule has 2 heteroatoms. The summed E-state index contributed by atoms with van der Waals surface area (Å²) in [6.45, 7) is 4.12. The molecule has 0 aliphatic rings. The van der Waals surface area contributed by atoms with Crippen LogP contribution in [0.5, 0.6) is 0 Å². The monoisotopic (exact) mass is 118 g/mol. The molecule has 8 heavy (non-hydrogen) atoms. The standard InChI is InChI=1S/C6H14O2/c1-5(2)3-4-6(7)8/h5-8H,3-4H2,1-2H3. The van der Waals surface area contributed by atoms with Gasteiger partial charge in [-0.3, -0.25) is 0 Å². The molecular formula is C6H14O2. The average Bonchev–Trinajstić information content (AvgIpc) is 1.61. The third-order valence-corrected chi connectivity index (χ3v) is 1.00. The first-order valence-corrected chi connectivity index (χ1v) is 2.99. The maximum absolute atomic E-state index is 8.36. The van der Waals surface area contributed by atoms with Crippen LogP contribution < -0.4 is 0 Å². The van der Waals surface area contributed by atoms with Crippen molar-refractivity contribution in [3.05, 3.63) is 0 Å². The van der Waals surface area contributed by atoms with Gasteiger partial charge in [0.1, 0.15) is 0 Å². The smallest absolute Gasteiger partial charge is 0.151 e. The number of rotatable bonds is 3. The SMILES string of the molecule is CC(C)CCC(O)O. The van der Waals surface area contributed by atoms with E-state index in [4.69, 9.17) is 10.2 Å². The Bertz CT molecular complexity index is 42.5. The molecule has 0 aromatic heterocycles. The van der Waals surface area contributed by atoms with E-state index in [-0.39, 0.29) is 0 Å². The normalized spacial score (nSPS) is 11.2. The highest BCUT2D eigenvalue weighted by atomic mass is 16.5. The quantitative estimate of drug-likeness (QED) is 0.536. The summed E-state index contributed by atoms with van der Waals surface area (Å²) in [6, 6.07) is 0. The number of hydrogen-bond donors (Lipinski definition) is 2. The molecule has 0 aromatic carbocycles. The molecule has 0 spiro atoms. The molecule has 0 aliphatic heterocycles. The van der Waals surface area contributed by atoms with Gasteiger partial charge in [-0.2, -0.15) is 0 Å². The van der Waals surface area contributed by atoms with Crippen LogP contribution >= 0.6 is 0 Å². The average molecular weight is 118 g/mol. The molecule has 0 bridgehead atoms. The van der Waals surface area contributed by atoms with Gasteiger partial charge in [0, 0.05) is 0 Å². The molecule has 0 atom stereocenters. The van der Waals surface area contributed by atoms with E-state index in [0.717, 1.165) is 6.42 Å².